The predicted octanol–water partition coefficient (Wildman–Crippen LogP) is 2.89. The summed E-state index contributed by atoms with van der Waals surface area (Å²) >= 11 is 0. The predicted molar refractivity (Wildman–Crippen MR) is 159 cm³/mol. The molecule has 1 saturated heterocycles. The molecule has 42 heavy (non-hydrogen) atoms. The Morgan fingerprint density at radius 1 is 1.07 bits per heavy atom. The van der Waals surface area contributed by atoms with Crippen molar-refractivity contribution in [3.8, 4) is 29.1 Å². The molecule has 2 aromatic carbocycles. The Kier molecular flexibility index (Phi) is 8.20. The van der Waals surface area contributed by atoms with Gasteiger partial charge >= 0.3 is 0 Å². The van der Waals surface area contributed by atoms with Crippen molar-refractivity contribution < 1.29 is 27.5 Å². The summed E-state index contributed by atoms with van der Waals surface area (Å²) in [6.45, 7) is 4.74. The molecule has 2 amide bonds. The van der Waals surface area contributed by atoms with Gasteiger partial charge in [0, 0.05) is 38.0 Å². The zero-order valence-electron chi connectivity index (χ0n) is 23.7. The van der Waals surface area contributed by atoms with Crippen LogP contribution in [0.3, 0.4) is 0 Å². The van der Waals surface area contributed by atoms with E-state index in [1.807, 2.05) is 38.1 Å². The standard InChI is InChI=1S/C31H32N4O6S/c1-31(2,35-15-17-42(38,39)18-16-35)13-11-22-9-10-28-27(19-22)34(3)30(37)26(21-40-28)33-29(36)25-20-24(12-14-32-25)41-23-7-5-4-6-8-23/h4-10,12,14,19-20,26H,15-18,21H2,1-3H3,(H,33,36)/t26-/m1/s1. The second-order valence-corrected chi connectivity index (χ2v) is 13.0. The molecule has 11 heteroatoms. The summed E-state index contributed by atoms with van der Waals surface area (Å²) in [5.41, 5.74) is 0.777. The first-order chi connectivity index (χ1) is 20.0. The minimum absolute atomic E-state index is 0.0575. The minimum Gasteiger partial charge on any atom is -0.489 e. The fourth-order valence-corrected chi connectivity index (χ4v) is 5.91. The number of amides is 2. The molecule has 1 fully saturated rings. The van der Waals surface area contributed by atoms with Crippen LogP contribution in [0.25, 0.3) is 0 Å². The van der Waals surface area contributed by atoms with Crippen LogP contribution in [0.4, 0.5) is 5.69 Å². The molecule has 0 bridgehead atoms. The maximum Gasteiger partial charge on any atom is 0.270 e. The summed E-state index contributed by atoms with van der Waals surface area (Å²) in [7, 11) is -1.36. The number of aromatic nitrogens is 1. The molecule has 0 unspecified atom stereocenters. The first-order valence-corrected chi connectivity index (χ1v) is 15.4. The van der Waals surface area contributed by atoms with Crippen LogP contribution in [-0.4, -0.2) is 79.9 Å². The first kappa shape index (κ1) is 29.1. The normalized spacial score (nSPS) is 18.5. The van der Waals surface area contributed by atoms with Crippen molar-refractivity contribution in [2.24, 2.45) is 0 Å². The summed E-state index contributed by atoms with van der Waals surface area (Å²) in [5, 5.41) is 2.73. The van der Waals surface area contributed by atoms with Crippen LogP contribution in [0.5, 0.6) is 17.2 Å². The summed E-state index contributed by atoms with van der Waals surface area (Å²) in [6.07, 6.45) is 1.47. The zero-order chi connectivity index (χ0) is 29.9. The number of carbonyl (C=O) groups excluding carboxylic acids is 2. The number of ether oxygens (including phenoxy) is 2. The second-order valence-electron chi connectivity index (χ2n) is 10.7. The van der Waals surface area contributed by atoms with Crippen molar-refractivity contribution in [1.29, 1.82) is 0 Å². The van der Waals surface area contributed by atoms with Crippen LogP contribution in [0.15, 0.2) is 66.9 Å². The van der Waals surface area contributed by atoms with Gasteiger partial charge in [-0.1, -0.05) is 30.0 Å². The van der Waals surface area contributed by atoms with Crippen LogP contribution in [0.2, 0.25) is 0 Å². The van der Waals surface area contributed by atoms with Gasteiger partial charge in [0.15, 0.2) is 9.84 Å². The van der Waals surface area contributed by atoms with Crippen LogP contribution in [0.1, 0.15) is 29.9 Å². The van der Waals surface area contributed by atoms with Gasteiger partial charge in [-0.3, -0.25) is 19.5 Å². The van der Waals surface area contributed by atoms with Crippen LogP contribution in [-0.2, 0) is 14.6 Å². The number of carbonyl (C=O) groups is 2. The molecule has 0 saturated carbocycles. The van der Waals surface area contributed by atoms with Gasteiger partial charge in [-0.15, -0.1) is 0 Å². The number of rotatable bonds is 5. The lowest BCUT2D eigenvalue weighted by atomic mass is 10.0. The summed E-state index contributed by atoms with van der Waals surface area (Å²) in [4.78, 5) is 34.1. The number of nitrogens with zero attached hydrogens (tertiary/aromatic N) is 3. The summed E-state index contributed by atoms with van der Waals surface area (Å²) < 4.78 is 35.3. The van der Waals surface area contributed by atoms with E-state index in [1.165, 1.54) is 17.2 Å². The second kappa shape index (κ2) is 11.8. The Labute approximate surface area is 245 Å². The number of likely N-dealkylation sites (N-methyl/N-ethyl adjacent to an activating group) is 1. The lowest BCUT2D eigenvalue weighted by Crippen LogP contribution is -2.50. The van der Waals surface area contributed by atoms with Crippen molar-refractivity contribution >= 4 is 27.3 Å². The van der Waals surface area contributed by atoms with Gasteiger partial charge in [-0.05, 0) is 50.2 Å². The molecular formula is C31H32N4O6S. The SMILES string of the molecule is CN1C(=O)[C@H](NC(=O)c2cc(Oc3ccccc3)ccn2)COc2ccc(C#CC(C)(C)N3CCS(=O)(=O)CC3)cc21. The van der Waals surface area contributed by atoms with Gasteiger partial charge in [0.2, 0.25) is 0 Å². The quantitative estimate of drug-likeness (QED) is 0.452. The molecule has 1 atom stereocenters. The monoisotopic (exact) mass is 588 g/mol. The molecule has 2 aliphatic heterocycles. The van der Waals surface area contributed by atoms with Gasteiger partial charge in [0.05, 0.1) is 22.7 Å². The molecule has 3 aromatic rings. The smallest absolute Gasteiger partial charge is 0.270 e. The molecule has 0 spiro atoms. The number of hydrogen-bond donors (Lipinski definition) is 1. The van der Waals surface area contributed by atoms with Gasteiger partial charge in [0.25, 0.3) is 11.8 Å². The number of fused-ring (bicyclic) bond motifs is 1. The molecule has 0 radical (unpaired) electrons. The Balaban J connectivity index is 1.27. The highest BCUT2D eigenvalue weighted by molar-refractivity contribution is 7.91. The number of sulfone groups is 1. The Morgan fingerprint density at radius 3 is 2.55 bits per heavy atom. The van der Waals surface area contributed by atoms with E-state index in [4.69, 9.17) is 9.47 Å². The summed E-state index contributed by atoms with van der Waals surface area (Å²) in [6, 6.07) is 16.7. The van der Waals surface area contributed by atoms with Crippen molar-refractivity contribution in [1.82, 2.24) is 15.2 Å². The molecule has 0 aliphatic carbocycles. The highest BCUT2D eigenvalue weighted by Gasteiger charge is 2.32. The van der Waals surface area contributed by atoms with E-state index in [1.54, 1.807) is 37.4 Å². The van der Waals surface area contributed by atoms with E-state index >= 15 is 0 Å². The molecule has 1 aromatic heterocycles. The molecular weight excluding hydrogens is 556 g/mol. The average molecular weight is 589 g/mol. The third-order valence-corrected chi connectivity index (χ3v) is 8.86. The number of benzene rings is 2. The Morgan fingerprint density at radius 2 is 1.81 bits per heavy atom. The van der Waals surface area contributed by atoms with Gasteiger partial charge in [-0.2, -0.15) is 0 Å². The van der Waals surface area contributed by atoms with Crippen molar-refractivity contribution in [2.75, 3.05) is 43.1 Å². The van der Waals surface area contributed by atoms with Gasteiger partial charge in [0.1, 0.15) is 35.6 Å². The number of pyridine rings is 1. The Bertz CT molecular complexity index is 1650. The van der Waals surface area contributed by atoms with E-state index in [0.29, 0.717) is 41.6 Å². The Hall–Kier alpha value is -4.40. The van der Waals surface area contributed by atoms with Gasteiger partial charge in [-0.25, -0.2) is 8.42 Å². The topological polar surface area (TPSA) is 118 Å². The molecule has 5 rings (SSSR count). The van der Waals surface area contributed by atoms with Crippen molar-refractivity contribution in [2.45, 2.75) is 25.4 Å². The van der Waals surface area contributed by atoms with E-state index in [2.05, 4.69) is 27.0 Å². The fraction of sp³-hybridized carbons (Fsp3) is 0.323. The number of anilines is 1. The molecule has 218 valence electrons. The fourth-order valence-electron chi connectivity index (χ4n) is 4.71. The lowest BCUT2D eigenvalue weighted by molar-refractivity contribution is -0.120. The summed E-state index contributed by atoms with van der Waals surface area (Å²) in [5.74, 6) is 7.35. The average Bonchev–Trinajstić information content (AvgIpc) is 3.08. The van der Waals surface area contributed by atoms with Crippen molar-refractivity contribution in [3.05, 3.63) is 78.1 Å². The van der Waals surface area contributed by atoms with Crippen LogP contribution in [0, 0.1) is 11.8 Å². The van der Waals surface area contributed by atoms with E-state index in [0.717, 1.165) is 0 Å². The minimum atomic E-state index is -2.99. The molecule has 1 N–H and O–H groups in total. The highest BCUT2D eigenvalue weighted by Crippen LogP contribution is 2.32. The van der Waals surface area contributed by atoms with Crippen LogP contribution >= 0.6 is 0 Å². The van der Waals surface area contributed by atoms with E-state index in [-0.39, 0.29) is 29.7 Å². The maximum atomic E-state index is 13.4. The largest absolute Gasteiger partial charge is 0.489 e. The first-order valence-electron chi connectivity index (χ1n) is 13.5. The van der Waals surface area contributed by atoms with E-state index < -0.39 is 27.3 Å². The molecule has 2 aliphatic rings. The maximum absolute atomic E-state index is 13.4. The third-order valence-electron chi connectivity index (χ3n) is 7.25. The van der Waals surface area contributed by atoms with Gasteiger partial charge < -0.3 is 19.7 Å². The number of hydrogen-bond acceptors (Lipinski definition) is 8. The molecule has 3 heterocycles. The highest BCUT2D eigenvalue weighted by atomic mass is 32.2. The molecule has 10 nitrogen and oxygen atoms in total. The zero-order valence-corrected chi connectivity index (χ0v) is 24.5. The third kappa shape index (κ3) is 6.73. The van der Waals surface area contributed by atoms with Crippen molar-refractivity contribution in [3.63, 3.8) is 0 Å². The van der Waals surface area contributed by atoms with E-state index in [9.17, 15) is 18.0 Å². The lowest BCUT2D eigenvalue weighted by Gasteiger charge is -2.37. The number of para-hydroxylation sites is 1. The van der Waals surface area contributed by atoms with Crippen LogP contribution < -0.4 is 19.7 Å². The number of nitrogens with one attached hydrogen (secondary N) is 1.